The Morgan fingerprint density at radius 2 is 1.70 bits per heavy atom. The van der Waals surface area contributed by atoms with Crippen LogP contribution in [0.3, 0.4) is 0 Å². The summed E-state index contributed by atoms with van der Waals surface area (Å²) < 4.78 is -0.843. The van der Waals surface area contributed by atoms with E-state index in [2.05, 4.69) is 45.7 Å². The maximum atomic E-state index is 12.9. The van der Waals surface area contributed by atoms with Gasteiger partial charge in [-0.25, -0.2) is 0 Å². The largest absolute Gasteiger partial charge is 0.290 e. The molecule has 4 aliphatic rings. The van der Waals surface area contributed by atoms with Gasteiger partial charge < -0.3 is 0 Å². The molecule has 4 saturated carbocycles. The molecule has 0 bridgehead atoms. The molecule has 0 saturated heterocycles. The Bertz CT molecular complexity index is 572. The number of fused-ring (bicyclic) bond motifs is 5. The Balaban J connectivity index is 1.74. The van der Waals surface area contributed by atoms with Gasteiger partial charge in [0.15, 0.2) is 3.23 Å². The highest BCUT2D eigenvalue weighted by molar-refractivity contribution is 9.26. The number of alkyl halides is 2. The molecule has 0 radical (unpaired) electrons. The Morgan fingerprint density at radius 3 is 2.43 bits per heavy atom. The summed E-state index contributed by atoms with van der Waals surface area (Å²) >= 11 is 7.18. The lowest BCUT2D eigenvalue weighted by Gasteiger charge is -2.60. The average molecular weight is 446 g/mol. The maximum Gasteiger partial charge on any atom is 0.226 e. The number of carbonyl (C=O) groups excluding carboxylic acids is 2. The van der Waals surface area contributed by atoms with E-state index in [0.29, 0.717) is 17.3 Å². The van der Waals surface area contributed by atoms with E-state index in [-0.39, 0.29) is 22.9 Å². The smallest absolute Gasteiger partial charge is 0.226 e. The molecule has 0 heterocycles. The van der Waals surface area contributed by atoms with E-state index in [9.17, 15) is 9.59 Å². The Labute approximate surface area is 155 Å². The van der Waals surface area contributed by atoms with Crippen molar-refractivity contribution in [3.63, 3.8) is 0 Å². The molecule has 0 amide bonds. The lowest BCUT2D eigenvalue weighted by Crippen LogP contribution is -2.54. The molecule has 4 rings (SSSR count). The highest BCUT2D eigenvalue weighted by Gasteiger charge is 2.70. The van der Waals surface area contributed by atoms with Gasteiger partial charge >= 0.3 is 0 Å². The van der Waals surface area contributed by atoms with Gasteiger partial charge in [-0.2, -0.15) is 0 Å². The molecule has 4 aliphatic carbocycles. The lowest BCUT2D eigenvalue weighted by atomic mass is 9.45. The molecule has 0 unspecified atom stereocenters. The van der Waals surface area contributed by atoms with Crippen LogP contribution in [0.1, 0.15) is 65.2 Å². The first-order chi connectivity index (χ1) is 10.7. The minimum Gasteiger partial charge on any atom is -0.290 e. The van der Waals surface area contributed by atoms with Crippen molar-refractivity contribution in [1.29, 1.82) is 0 Å². The van der Waals surface area contributed by atoms with Gasteiger partial charge in [0.2, 0.25) is 11.6 Å². The van der Waals surface area contributed by atoms with Crippen molar-refractivity contribution in [2.75, 3.05) is 0 Å². The predicted molar refractivity (Wildman–Crippen MR) is 97.7 cm³/mol. The first kappa shape index (κ1) is 16.8. The van der Waals surface area contributed by atoms with Gasteiger partial charge in [0.25, 0.3) is 0 Å². The van der Waals surface area contributed by atoms with Crippen LogP contribution >= 0.6 is 31.9 Å². The second-order valence-electron chi connectivity index (χ2n) is 9.00. The van der Waals surface area contributed by atoms with Crippen LogP contribution in [0.2, 0.25) is 0 Å². The molecule has 0 N–H and O–H groups in total. The maximum absolute atomic E-state index is 12.9. The topological polar surface area (TPSA) is 34.1 Å². The number of rotatable bonds is 0. The van der Waals surface area contributed by atoms with Crippen molar-refractivity contribution in [2.24, 2.45) is 34.5 Å². The fourth-order valence-electron chi connectivity index (χ4n) is 6.89. The van der Waals surface area contributed by atoms with E-state index in [0.717, 1.165) is 18.8 Å². The molecule has 0 aromatic carbocycles. The normalized spacial score (nSPS) is 51.8. The van der Waals surface area contributed by atoms with E-state index in [1.165, 1.54) is 38.5 Å². The molecule has 0 spiro atoms. The van der Waals surface area contributed by atoms with E-state index >= 15 is 0 Å². The SMILES string of the molecule is C[C@]12CCCC[C@@H]1CC[C@@H]1[C@@H]2CC[C@@]2(C)[C@H]1C(=O)C(=O)C2(Br)Br. The van der Waals surface area contributed by atoms with Gasteiger partial charge in [-0.15, -0.1) is 0 Å². The van der Waals surface area contributed by atoms with Crippen molar-refractivity contribution in [1.82, 2.24) is 0 Å². The lowest BCUT2D eigenvalue weighted by molar-refractivity contribution is -0.143. The molecule has 4 heteroatoms. The van der Waals surface area contributed by atoms with Crippen LogP contribution in [0, 0.1) is 34.5 Å². The second-order valence-corrected chi connectivity index (χ2v) is 12.4. The highest BCUT2D eigenvalue weighted by atomic mass is 79.9. The highest BCUT2D eigenvalue weighted by Crippen LogP contribution is 2.69. The van der Waals surface area contributed by atoms with Gasteiger partial charge in [-0.05, 0) is 61.7 Å². The summed E-state index contributed by atoms with van der Waals surface area (Å²) in [7, 11) is 0. The van der Waals surface area contributed by atoms with Crippen molar-refractivity contribution in [3.8, 4) is 0 Å². The summed E-state index contributed by atoms with van der Waals surface area (Å²) in [5.74, 6) is 1.42. The molecule has 128 valence electrons. The minimum absolute atomic E-state index is 0.0906. The third-order valence-corrected chi connectivity index (χ3v) is 10.8. The Hall–Kier alpha value is 0.300. The van der Waals surface area contributed by atoms with Gasteiger partial charge in [0.05, 0.1) is 0 Å². The van der Waals surface area contributed by atoms with Crippen molar-refractivity contribution in [2.45, 2.75) is 68.4 Å². The number of Topliss-reactive ketones (excluding diaryl/α,β-unsaturated/α-hetero) is 2. The number of halogens is 2. The summed E-state index contributed by atoms with van der Waals surface area (Å²) in [6.45, 7) is 4.64. The summed E-state index contributed by atoms with van der Waals surface area (Å²) in [4.78, 5) is 25.5. The zero-order valence-corrected chi connectivity index (χ0v) is 17.2. The van der Waals surface area contributed by atoms with Crippen molar-refractivity contribution < 1.29 is 9.59 Å². The van der Waals surface area contributed by atoms with E-state index in [1.54, 1.807) is 0 Å². The third kappa shape index (κ3) is 1.97. The first-order valence-corrected chi connectivity index (χ1v) is 10.8. The summed E-state index contributed by atoms with van der Waals surface area (Å²) in [5.41, 5.74) is 0.121. The molecule has 23 heavy (non-hydrogen) atoms. The number of ketones is 2. The molecular formula is C19H26Br2O2. The standard InChI is InChI=1S/C19H26Br2O2/c1-17-9-4-3-5-11(17)6-7-12-13(17)8-10-18(2)14(12)15(22)16(23)19(18,20)21/h11-14H,3-10H2,1-2H3/t11-,12-,13+,14-,17+,18+/m1/s1. The summed E-state index contributed by atoms with van der Waals surface area (Å²) in [6.07, 6.45) is 9.93. The Kier molecular flexibility index (Phi) is 3.75. The van der Waals surface area contributed by atoms with Gasteiger partial charge in [-0.3, -0.25) is 9.59 Å². The van der Waals surface area contributed by atoms with E-state index in [4.69, 9.17) is 0 Å². The van der Waals surface area contributed by atoms with Crippen LogP contribution in [0.25, 0.3) is 0 Å². The molecular weight excluding hydrogens is 420 g/mol. The molecule has 0 aliphatic heterocycles. The number of hydrogen-bond acceptors (Lipinski definition) is 2. The third-order valence-electron chi connectivity index (χ3n) is 8.26. The molecule has 0 aromatic heterocycles. The molecule has 2 nitrogen and oxygen atoms in total. The summed E-state index contributed by atoms with van der Waals surface area (Å²) in [5, 5.41) is 0. The minimum atomic E-state index is -0.843. The van der Waals surface area contributed by atoms with Crippen LogP contribution in [-0.4, -0.2) is 14.8 Å². The Morgan fingerprint density at radius 1 is 0.957 bits per heavy atom. The van der Waals surface area contributed by atoms with Crippen LogP contribution in [-0.2, 0) is 9.59 Å². The van der Waals surface area contributed by atoms with E-state index in [1.807, 2.05) is 0 Å². The number of hydrogen-bond donors (Lipinski definition) is 0. The first-order valence-electron chi connectivity index (χ1n) is 9.20. The van der Waals surface area contributed by atoms with Crippen molar-refractivity contribution >= 4 is 43.4 Å². The molecule has 0 aromatic rings. The second kappa shape index (κ2) is 5.16. The quantitative estimate of drug-likeness (QED) is 0.376. The zero-order valence-electron chi connectivity index (χ0n) is 14.0. The summed E-state index contributed by atoms with van der Waals surface area (Å²) in [6, 6.07) is 0. The van der Waals surface area contributed by atoms with Crippen molar-refractivity contribution in [3.05, 3.63) is 0 Å². The fourth-order valence-corrected chi connectivity index (χ4v) is 8.17. The monoisotopic (exact) mass is 444 g/mol. The predicted octanol–water partition coefficient (Wildman–Crippen LogP) is 5.26. The van der Waals surface area contributed by atoms with Gasteiger partial charge in [-0.1, -0.05) is 58.5 Å². The van der Waals surface area contributed by atoms with Gasteiger partial charge in [0.1, 0.15) is 0 Å². The van der Waals surface area contributed by atoms with Crippen LogP contribution in [0.5, 0.6) is 0 Å². The van der Waals surface area contributed by atoms with E-state index < -0.39 is 3.23 Å². The van der Waals surface area contributed by atoms with Gasteiger partial charge in [0, 0.05) is 11.3 Å². The molecule has 4 fully saturated rings. The van der Waals surface area contributed by atoms with Crippen LogP contribution < -0.4 is 0 Å². The fraction of sp³-hybridized carbons (Fsp3) is 0.895. The zero-order chi connectivity index (χ0) is 16.6. The van der Waals surface area contributed by atoms with Crippen LogP contribution in [0.15, 0.2) is 0 Å². The number of carbonyl (C=O) groups is 2. The average Bonchev–Trinajstić information content (AvgIpc) is 2.65. The molecule has 6 atom stereocenters. The van der Waals surface area contributed by atoms with Crippen LogP contribution in [0.4, 0.5) is 0 Å².